The predicted octanol–water partition coefficient (Wildman–Crippen LogP) is 2.42. The molecule has 1 saturated carbocycles. The van der Waals surface area contributed by atoms with E-state index >= 15 is 0 Å². The van der Waals surface area contributed by atoms with Crippen molar-refractivity contribution in [2.75, 3.05) is 33.4 Å². The molecule has 0 saturated heterocycles. The molecular formula is C16H32N2O2. The minimum Gasteiger partial charge on any atom is -0.379 e. The van der Waals surface area contributed by atoms with Gasteiger partial charge in [-0.3, -0.25) is 4.79 Å². The van der Waals surface area contributed by atoms with Crippen molar-refractivity contribution in [1.29, 1.82) is 0 Å². The summed E-state index contributed by atoms with van der Waals surface area (Å²) in [6, 6.07) is 0. The zero-order valence-electron chi connectivity index (χ0n) is 13.5. The van der Waals surface area contributed by atoms with Crippen LogP contribution in [-0.4, -0.2) is 44.2 Å². The van der Waals surface area contributed by atoms with Crippen molar-refractivity contribution in [3.05, 3.63) is 0 Å². The Labute approximate surface area is 124 Å². The molecule has 1 aliphatic carbocycles. The number of carbonyl (C=O) groups excluding carboxylic acids is 1. The standard InChI is InChI=1S/C16H32N2O2/c1-4-8-16(13-17,9-5-2)15(19)18(3)10-11-20-12-14-6-7-14/h14H,4-13,17H2,1-3H3. The highest BCUT2D eigenvalue weighted by molar-refractivity contribution is 5.82. The van der Waals surface area contributed by atoms with Crippen LogP contribution in [0.1, 0.15) is 52.4 Å². The third kappa shape index (κ3) is 5.06. The molecule has 1 aliphatic rings. The molecule has 1 fully saturated rings. The Morgan fingerprint density at radius 1 is 1.30 bits per heavy atom. The van der Waals surface area contributed by atoms with E-state index in [1.807, 2.05) is 11.9 Å². The van der Waals surface area contributed by atoms with E-state index in [0.717, 1.165) is 38.2 Å². The van der Waals surface area contributed by atoms with Gasteiger partial charge in [-0.15, -0.1) is 0 Å². The van der Waals surface area contributed by atoms with Gasteiger partial charge in [-0.25, -0.2) is 0 Å². The summed E-state index contributed by atoms with van der Waals surface area (Å²) < 4.78 is 5.62. The Morgan fingerprint density at radius 2 is 1.90 bits per heavy atom. The molecule has 118 valence electrons. The first-order chi connectivity index (χ1) is 9.59. The lowest BCUT2D eigenvalue weighted by molar-refractivity contribution is -0.142. The first kappa shape index (κ1) is 17.4. The predicted molar refractivity (Wildman–Crippen MR) is 82.5 cm³/mol. The van der Waals surface area contributed by atoms with Crippen molar-refractivity contribution in [3.63, 3.8) is 0 Å². The average molecular weight is 284 g/mol. The summed E-state index contributed by atoms with van der Waals surface area (Å²) in [5.41, 5.74) is 5.58. The summed E-state index contributed by atoms with van der Waals surface area (Å²) in [7, 11) is 1.87. The summed E-state index contributed by atoms with van der Waals surface area (Å²) in [6.45, 7) is 6.84. The van der Waals surface area contributed by atoms with E-state index in [1.54, 1.807) is 0 Å². The Hall–Kier alpha value is -0.610. The number of nitrogens with zero attached hydrogens (tertiary/aromatic N) is 1. The third-order valence-corrected chi connectivity index (χ3v) is 4.27. The molecule has 0 unspecified atom stereocenters. The molecule has 0 heterocycles. The molecule has 0 aromatic heterocycles. The quantitative estimate of drug-likeness (QED) is 0.593. The molecule has 0 radical (unpaired) electrons. The van der Waals surface area contributed by atoms with Crippen LogP contribution in [-0.2, 0) is 9.53 Å². The topological polar surface area (TPSA) is 55.6 Å². The number of rotatable bonds is 11. The zero-order valence-corrected chi connectivity index (χ0v) is 13.5. The lowest BCUT2D eigenvalue weighted by Crippen LogP contribution is -2.47. The molecule has 0 bridgehead atoms. The van der Waals surface area contributed by atoms with E-state index in [1.165, 1.54) is 12.8 Å². The van der Waals surface area contributed by atoms with Crippen LogP contribution in [0.2, 0.25) is 0 Å². The Balaban J connectivity index is 2.43. The van der Waals surface area contributed by atoms with Gasteiger partial charge >= 0.3 is 0 Å². The number of ether oxygens (including phenoxy) is 1. The maximum atomic E-state index is 12.7. The van der Waals surface area contributed by atoms with Crippen LogP contribution in [0.4, 0.5) is 0 Å². The minimum atomic E-state index is -0.366. The Morgan fingerprint density at radius 3 is 2.35 bits per heavy atom. The number of hydrogen-bond acceptors (Lipinski definition) is 3. The molecule has 0 aromatic rings. The molecule has 20 heavy (non-hydrogen) atoms. The van der Waals surface area contributed by atoms with E-state index in [-0.39, 0.29) is 11.3 Å². The van der Waals surface area contributed by atoms with Crippen LogP contribution in [0, 0.1) is 11.3 Å². The van der Waals surface area contributed by atoms with Crippen molar-refractivity contribution in [3.8, 4) is 0 Å². The van der Waals surface area contributed by atoms with E-state index < -0.39 is 0 Å². The van der Waals surface area contributed by atoms with Crippen molar-refractivity contribution >= 4 is 5.91 Å². The van der Waals surface area contributed by atoms with Crippen LogP contribution < -0.4 is 5.73 Å². The molecule has 0 aromatic carbocycles. The molecule has 0 spiro atoms. The monoisotopic (exact) mass is 284 g/mol. The first-order valence-corrected chi connectivity index (χ1v) is 8.13. The molecule has 1 rings (SSSR count). The van der Waals surface area contributed by atoms with Gasteiger partial charge in [0, 0.05) is 26.7 Å². The largest absolute Gasteiger partial charge is 0.379 e. The number of likely N-dealkylation sites (N-methyl/N-ethyl adjacent to an activating group) is 1. The summed E-state index contributed by atoms with van der Waals surface area (Å²) in [4.78, 5) is 14.5. The molecule has 2 N–H and O–H groups in total. The van der Waals surface area contributed by atoms with Crippen LogP contribution in [0.3, 0.4) is 0 Å². The normalized spacial score (nSPS) is 15.4. The smallest absolute Gasteiger partial charge is 0.229 e. The Kier molecular flexibility index (Phi) is 7.52. The molecule has 1 amide bonds. The second kappa shape index (κ2) is 8.63. The summed E-state index contributed by atoms with van der Waals surface area (Å²) >= 11 is 0. The molecule has 4 heteroatoms. The van der Waals surface area contributed by atoms with Crippen LogP contribution in [0.15, 0.2) is 0 Å². The van der Waals surface area contributed by atoms with Gasteiger partial charge < -0.3 is 15.4 Å². The Bertz CT molecular complexity index is 284. The van der Waals surface area contributed by atoms with Crippen molar-refractivity contribution < 1.29 is 9.53 Å². The zero-order chi connectivity index (χ0) is 15.0. The van der Waals surface area contributed by atoms with Gasteiger partial charge in [-0.05, 0) is 31.6 Å². The number of hydrogen-bond donors (Lipinski definition) is 1. The van der Waals surface area contributed by atoms with Gasteiger partial charge in [0.25, 0.3) is 0 Å². The average Bonchev–Trinajstić information content (AvgIpc) is 3.26. The highest BCUT2D eigenvalue weighted by atomic mass is 16.5. The summed E-state index contributed by atoms with van der Waals surface area (Å²) in [6.07, 6.45) is 6.35. The second-order valence-electron chi connectivity index (χ2n) is 6.23. The number of nitrogens with two attached hydrogens (primary N) is 1. The van der Waals surface area contributed by atoms with E-state index in [0.29, 0.717) is 19.7 Å². The van der Waals surface area contributed by atoms with E-state index in [9.17, 15) is 4.79 Å². The third-order valence-electron chi connectivity index (χ3n) is 4.27. The summed E-state index contributed by atoms with van der Waals surface area (Å²) in [5, 5.41) is 0. The van der Waals surface area contributed by atoms with Crippen LogP contribution in [0.25, 0.3) is 0 Å². The van der Waals surface area contributed by atoms with E-state index in [2.05, 4.69) is 13.8 Å². The maximum Gasteiger partial charge on any atom is 0.229 e. The van der Waals surface area contributed by atoms with Gasteiger partial charge in [0.15, 0.2) is 0 Å². The molecule has 0 atom stereocenters. The molecule has 0 aliphatic heterocycles. The lowest BCUT2D eigenvalue weighted by atomic mass is 9.78. The van der Waals surface area contributed by atoms with Gasteiger partial charge in [0.05, 0.1) is 12.0 Å². The van der Waals surface area contributed by atoms with Gasteiger partial charge in [0.2, 0.25) is 5.91 Å². The fourth-order valence-corrected chi connectivity index (χ4v) is 2.83. The van der Waals surface area contributed by atoms with Crippen molar-refractivity contribution in [1.82, 2.24) is 4.90 Å². The maximum absolute atomic E-state index is 12.7. The fraction of sp³-hybridized carbons (Fsp3) is 0.938. The van der Waals surface area contributed by atoms with Gasteiger partial charge in [-0.1, -0.05) is 26.7 Å². The van der Waals surface area contributed by atoms with Gasteiger partial charge in [-0.2, -0.15) is 0 Å². The molecule has 4 nitrogen and oxygen atoms in total. The highest BCUT2D eigenvalue weighted by Gasteiger charge is 2.37. The highest BCUT2D eigenvalue weighted by Crippen LogP contribution is 2.31. The van der Waals surface area contributed by atoms with Crippen molar-refractivity contribution in [2.24, 2.45) is 17.1 Å². The fourth-order valence-electron chi connectivity index (χ4n) is 2.83. The van der Waals surface area contributed by atoms with E-state index in [4.69, 9.17) is 10.5 Å². The summed E-state index contributed by atoms with van der Waals surface area (Å²) in [5.74, 6) is 0.970. The number of carbonyl (C=O) groups is 1. The van der Waals surface area contributed by atoms with Crippen LogP contribution >= 0.6 is 0 Å². The van der Waals surface area contributed by atoms with Crippen molar-refractivity contribution in [2.45, 2.75) is 52.4 Å². The minimum absolute atomic E-state index is 0.193. The number of amides is 1. The first-order valence-electron chi connectivity index (χ1n) is 8.13. The SMILES string of the molecule is CCCC(CN)(CCC)C(=O)N(C)CCOCC1CC1. The second-order valence-corrected chi connectivity index (χ2v) is 6.23. The van der Waals surface area contributed by atoms with Gasteiger partial charge in [0.1, 0.15) is 0 Å². The molecular weight excluding hydrogens is 252 g/mol. The van der Waals surface area contributed by atoms with Crippen LogP contribution in [0.5, 0.6) is 0 Å². The lowest BCUT2D eigenvalue weighted by Gasteiger charge is -2.34.